The molecule has 4 rings (SSSR count). The lowest BCUT2D eigenvalue weighted by Gasteiger charge is -2.08. The fourth-order valence-electron chi connectivity index (χ4n) is 3.33. The van der Waals surface area contributed by atoms with Gasteiger partial charge in [-0.25, -0.2) is 9.67 Å². The van der Waals surface area contributed by atoms with Crippen molar-refractivity contribution < 1.29 is 9.53 Å². The molecule has 5 heteroatoms. The van der Waals surface area contributed by atoms with Crippen LogP contribution in [0.15, 0.2) is 60.7 Å². The van der Waals surface area contributed by atoms with Crippen LogP contribution in [-0.2, 0) is 6.54 Å². The van der Waals surface area contributed by atoms with E-state index in [2.05, 4.69) is 10.1 Å². The van der Waals surface area contributed by atoms with Crippen LogP contribution >= 0.6 is 0 Å². The van der Waals surface area contributed by atoms with Crippen molar-refractivity contribution in [3.05, 3.63) is 83.2 Å². The summed E-state index contributed by atoms with van der Waals surface area (Å²) in [4.78, 5) is 16.7. The molecule has 0 radical (unpaired) electrons. The molecule has 0 aliphatic heterocycles. The summed E-state index contributed by atoms with van der Waals surface area (Å²) in [5, 5.41) is 5.47. The van der Waals surface area contributed by atoms with Gasteiger partial charge in [-0.15, -0.1) is 0 Å². The second-order valence-electron chi connectivity index (χ2n) is 6.87. The van der Waals surface area contributed by atoms with Crippen LogP contribution in [0.4, 0.5) is 0 Å². The van der Waals surface area contributed by atoms with Gasteiger partial charge >= 0.3 is 0 Å². The minimum absolute atomic E-state index is 0.0283. The van der Waals surface area contributed by atoms with Gasteiger partial charge in [0.2, 0.25) is 0 Å². The molecule has 0 atom stereocenters. The molecule has 28 heavy (non-hydrogen) atoms. The lowest BCUT2D eigenvalue weighted by molar-refractivity contribution is 0.101. The maximum Gasteiger partial charge on any atom is 0.160 e. The SMILES string of the molecule is CC(=O)c1cc(C)nc2c1c(C)nn2Cc1ccc(Oc2ccccc2)cc1. The number of rotatable bonds is 5. The molecule has 0 saturated heterocycles. The molecule has 0 N–H and O–H groups in total. The highest BCUT2D eigenvalue weighted by Crippen LogP contribution is 2.25. The van der Waals surface area contributed by atoms with Gasteiger partial charge in [-0.1, -0.05) is 30.3 Å². The van der Waals surface area contributed by atoms with Crippen molar-refractivity contribution in [1.82, 2.24) is 14.8 Å². The first-order valence-electron chi connectivity index (χ1n) is 9.19. The number of ether oxygens (including phenoxy) is 1. The van der Waals surface area contributed by atoms with Crippen molar-refractivity contribution in [2.24, 2.45) is 0 Å². The maximum atomic E-state index is 12.0. The highest BCUT2D eigenvalue weighted by molar-refractivity contribution is 6.06. The molecule has 4 aromatic rings. The van der Waals surface area contributed by atoms with E-state index < -0.39 is 0 Å². The molecule has 2 heterocycles. The lowest BCUT2D eigenvalue weighted by atomic mass is 10.1. The fourth-order valence-corrected chi connectivity index (χ4v) is 3.33. The van der Waals surface area contributed by atoms with Gasteiger partial charge in [0.25, 0.3) is 0 Å². The number of benzene rings is 2. The van der Waals surface area contributed by atoms with Gasteiger partial charge in [-0.05, 0) is 56.7 Å². The predicted octanol–water partition coefficient (Wildman–Crippen LogP) is 5.09. The summed E-state index contributed by atoms with van der Waals surface area (Å²) in [6, 6.07) is 19.4. The minimum atomic E-state index is 0.0283. The standard InChI is InChI=1S/C23H21N3O2/c1-15-13-21(17(3)27)22-16(2)25-26(23(22)24-15)14-18-9-11-20(12-10-18)28-19-7-5-4-6-8-19/h4-13H,14H2,1-3H3. The first-order chi connectivity index (χ1) is 13.5. The molecule has 5 nitrogen and oxygen atoms in total. The molecule has 0 amide bonds. The van der Waals surface area contributed by atoms with Crippen LogP contribution in [0.3, 0.4) is 0 Å². The summed E-state index contributed by atoms with van der Waals surface area (Å²) in [5.74, 6) is 1.62. The van der Waals surface area contributed by atoms with E-state index in [1.54, 1.807) is 6.92 Å². The zero-order chi connectivity index (χ0) is 19.7. The largest absolute Gasteiger partial charge is 0.457 e. The number of Topliss-reactive ketones (excluding diaryl/α,β-unsaturated/α-hetero) is 1. The Morgan fingerprint density at radius 2 is 1.68 bits per heavy atom. The zero-order valence-electron chi connectivity index (χ0n) is 16.1. The quantitative estimate of drug-likeness (QED) is 0.459. The van der Waals surface area contributed by atoms with Crippen molar-refractivity contribution in [3.8, 4) is 11.5 Å². The van der Waals surface area contributed by atoms with Gasteiger partial charge in [-0.2, -0.15) is 5.10 Å². The summed E-state index contributed by atoms with van der Waals surface area (Å²) in [6.45, 7) is 5.97. The van der Waals surface area contributed by atoms with Crippen molar-refractivity contribution in [2.45, 2.75) is 27.3 Å². The van der Waals surface area contributed by atoms with Gasteiger partial charge in [-0.3, -0.25) is 4.79 Å². The normalized spacial score (nSPS) is 11.0. The average Bonchev–Trinajstić information content (AvgIpc) is 2.98. The second kappa shape index (κ2) is 7.27. The van der Waals surface area contributed by atoms with Gasteiger partial charge < -0.3 is 4.74 Å². The molecule has 0 aliphatic carbocycles. The van der Waals surface area contributed by atoms with Gasteiger partial charge in [0.15, 0.2) is 11.4 Å². The van der Waals surface area contributed by atoms with Crippen LogP contribution in [0.5, 0.6) is 11.5 Å². The number of fused-ring (bicyclic) bond motifs is 1. The number of hydrogen-bond acceptors (Lipinski definition) is 4. The first kappa shape index (κ1) is 17.9. The summed E-state index contributed by atoms with van der Waals surface area (Å²) in [6.07, 6.45) is 0. The van der Waals surface area contributed by atoms with Crippen LogP contribution in [0.1, 0.15) is 34.2 Å². The Kier molecular flexibility index (Phi) is 4.65. The minimum Gasteiger partial charge on any atom is -0.457 e. The molecule has 140 valence electrons. The third-order valence-corrected chi connectivity index (χ3v) is 4.62. The number of nitrogens with zero attached hydrogens (tertiary/aromatic N) is 3. The van der Waals surface area contributed by atoms with E-state index in [0.29, 0.717) is 12.1 Å². The molecule has 0 fully saturated rings. The molecule has 0 bridgehead atoms. The highest BCUT2D eigenvalue weighted by Gasteiger charge is 2.16. The van der Waals surface area contributed by atoms with Gasteiger partial charge in [0.05, 0.1) is 17.6 Å². The molecule has 0 aliphatic rings. The second-order valence-corrected chi connectivity index (χ2v) is 6.87. The smallest absolute Gasteiger partial charge is 0.160 e. The van der Waals surface area contributed by atoms with Crippen molar-refractivity contribution in [3.63, 3.8) is 0 Å². The number of pyridine rings is 1. The summed E-state index contributed by atoms with van der Waals surface area (Å²) in [5.41, 5.74) is 4.13. The van der Waals surface area contributed by atoms with Crippen molar-refractivity contribution in [1.29, 1.82) is 0 Å². The monoisotopic (exact) mass is 371 g/mol. The van der Waals surface area contributed by atoms with E-state index in [1.807, 2.05) is 79.2 Å². The Bertz CT molecular complexity index is 1150. The van der Waals surface area contributed by atoms with E-state index >= 15 is 0 Å². The number of para-hydroxylation sites is 1. The van der Waals surface area contributed by atoms with Crippen LogP contribution in [0.2, 0.25) is 0 Å². The van der Waals surface area contributed by atoms with Gasteiger partial charge in [0, 0.05) is 11.3 Å². The molecule has 2 aromatic heterocycles. The van der Waals surface area contributed by atoms with Crippen LogP contribution in [-0.4, -0.2) is 20.5 Å². The summed E-state index contributed by atoms with van der Waals surface area (Å²) in [7, 11) is 0. The van der Waals surface area contributed by atoms with Crippen molar-refractivity contribution in [2.75, 3.05) is 0 Å². The average molecular weight is 371 g/mol. The number of aryl methyl sites for hydroxylation is 2. The number of carbonyl (C=O) groups is 1. The summed E-state index contributed by atoms with van der Waals surface area (Å²) < 4.78 is 7.70. The molecule has 2 aromatic carbocycles. The molecular formula is C23H21N3O2. The number of ketones is 1. The Labute approximate surface area is 163 Å². The lowest BCUT2D eigenvalue weighted by Crippen LogP contribution is -2.04. The molecule has 0 unspecified atom stereocenters. The topological polar surface area (TPSA) is 57.0 Å². The van der Waals surface area contributed by atoms with E-state index in [9.17, 15) is 4.79 Å². The van der Waals surface area contributed by atoms with Gasteiger partial charge in [0.1, 0.15) is 11.5 Å². The predicted molar refractivity (Wildman–Crippen MR) is 109 cm³/mol. The van der Waals surface area contributed by atoms with E-state index in [4.69, 9.17) is 4.74 Å². The highest BCUT2D eigenvalue weighted by atomic mass is 16.5. The third kappa shape index (κ3) is 3.51. The van der Waals surface area contributed by atoms with Crippen LogP contribution < -0.4 is 4.74 Å². The third-order valence-electron chi connectivity index (χ3n) is 4.62. The zero-order valence-corrected chi connectivity index (χ0v) is 16.1. The number of carbonyl (C=O) groups excluding carboxylic acids is 1. The molecule has 0 saturated carbocycles. The van der Waals surface area contributed by atoms with E-state index in [1.165, 1.54) is 0 Å². The number of hydrogen-bond donors (Lipinski definition) is 0. The van der Waals surface area contributed by atoms with Crippen LogP contribution in [0.25, 0.3) is 11.0 Å². The van der Waals surface area contributed by atoms with E-state index in [-0.39, 0.29) is 5.78 Å². The summed E-state index contributed by atoms with van der Waals surface area (Å²) >= 11 is 0. The first-order valence-corrected chi connectivity index (χ1v) is 9.19. The Hall–Kier alpha value is -3.47. The van der Waals surface area contributed by atoms with E-state index in [0.717, 1.165) is 39.5 Å². The Balaban J connectivity index is 1.62. The molecule has 0 spiro atoms. The number of aromatic nitrogens is 3. The van der Waals surface area contributed by atoms with Crippen molar-refractivity contribution >= 4 is 16.8 Å². The Morgan fingerprint density at radius 1 is 1.00 bits per heavy atom. The fraction of sp³-hybridized carbons (Fsp3) is 0.174. The molecular weight excluding hydrogens is 350 g/mol. The Morgan fingerprint density at radius 3 is 2.36 bits per heavy atom. The van der Waals surface area contributed by atoms with Crippen LogP contribution in [0, 0.1) is 13.8 Å². The maximum absolute atomic E-state index is 12.0.